The van der Waals surface area contributed by atoms with Crippen LogP contribution < -0.4 is 10.6 Å². The third kappa shape index (κ3) is 3.71. The lowest BCUT2D eigenvalue weighted by molar-refractivity contribution is -0.123. The van der Waals surface area contributed by atoms with E-state index < -0.39 is 12.1 Å². The van der Waals surface area contributed by atoms with Gasteiger partial charge in [-0.1, -0.05) is 42.5 Å². The Bertz CT molecular complexity index is 827. The summed E-state index contributed by atoms with van der Waals surface area (Å²) in [6.45, 7) is 1.71. The van der Waals surface area contributed by atoms with Crippen molar-refractivity contribution in [3.63, 3.8) is 0 Å². The molecule has 2 atom stereocenters. The molecule has 2 aromatic rings. The highest BCUT2D eigenvalue weighted by Crippen LogP contribution is 2.38. The topological polar surface area (TPSA) is 83.6 Å². The quantitative estimate of drug-likeness (QED) is 0.613. The first-order valence-corrected chi connectivity index (χ1v) is 9.47. The number of amides is 1. The molecular weight excluding hydrogens is 348 g/mol. The molecule has 6 heteroatoms. The number of nitrogens with zero attached hydrogens (tertiary/aromatic N) is 1. The molecule has 0 saturated heterocycles. The van der Waals surface area contributed by atoms with Gasteiger partial charge in [0.2, 0.25) is 5.91 Å². The van der Waals surface area contributed by atoms with Crippen LogP contribution in [0.3, 0.4) is 0 Å². The standard InChI is InChI=1S/C20H22N2O3S/c1-13(21)22(19(23)15-10-6-3-7-11-15)16-12-17(26-18(16)20(24)25)14-8-4-2-5-9-14/h2-6,8-9,12-13,15H,7,10-11,21H2,1H3,(H,24,25). The van der Waals surface area contributed by atoms with Crippen molar-refractivity contribution in [2.75, 3.05) is 4.90 Å². The molecule has 0 fully saturated rings. The zero-order valence-electron chi connectivity index (χ0n) is 14.6. The minimum atomic E-state index is -1.05. The van der Waals surface area contributed by atoms with Crippen molar-refractivity contribution < 1.29 is 14.7 Å². The molecule has 0 aliphatic heterocycles. The van der Waals surface area contributed by atoms with Gasteiger partial charge in [0.25, 0.3) is 0 Å². The number of carboxylic acids is 1. The number of rotatable bonds is 5. The van der Waals surface area contributed by atoms with E-state index in [1.54, 1.807) is 13.0 Å². The Morgan fingerprint density at radius 1 is 1.27 bits per heavy atom. The SMILES string of the molecule is CC(N)N(C(=O)C1CC=CCC1)c1cc(-c2ccccc2)sc1C(=O)O. The van der Waals surface area contributed by atoms with E-state index in [0.717, 1.165) is 23.3 Å². The van der Waals surface area contributed by atoms with Crippen LogP contribution in [0, 0.1) is 5.92 Å². The van der Waals surface area contributed by atoms with E-state index in [2.05, 4.69) is 6.08 Å². The van der Waals surface area contributed by atoms with Crippen LogP contribution in [0.25, 0.3) is 10.4 Å². The van der Waals surface area contributed by atoms with Crippen molar-refractivity contribution in [3.05, 3.63) is 53.4 Å². The number of aromatic carboxylic acids is 1. The molecule has 1 amide bonds. The van der Waals surface area contributed by atoms with Gasteiger partial charge in [-0.25, -0.2) is 4.79 Å². The molecule has 5 nitrogen and oxygen atoms in total. The van der Waals surface area contributed by atoms with Gasteiger partial charge in [-0.15, -0.1) is 11.3 Å². The molecule has 1 aromatic heterocycles. The second-order valence-electron chi connectivity index (χ2n) is 6.43. The molecule has 1 heterocycles. The van der Waals surface area contributed by atoms with E-state index in [9.17, 15) is 14.7 Å². The van der Waals surface area contributed by atoms with Gasteiger partial charge in [0.05, 0.1) is 11.9 Å². The molecule has 0 bridgehead atoms. The monoisotopic (exact) mass is 370 g/mol. The smallest absolute Gasteiger partial charge is 0.348 e. The molecule has 0 spiro atoms. The van der Waals surface area contributed by atoms with Gasteiger partial charge in [0.1, 0.15) is 4.88 Å². The lowest BCUT2D eigenvalue weighted by atomic mass is 9.92. The summed E-state index contributed by atoms with van der Waals surface area (Å²) in [4.78, 5) is 27.3. The number of benzene rings is 1. The van der Waals surface area contributed by atoms with Gasteiger partial charge in [0.15, 0.2) is 0 Å². The molecule has 1 aliphatic rings. The van der Waals surface area contributed by atoms with Gasteiger partial charge < -0.3 is 10.8 Å². The molecule has 0 radical (unpaired) electrons. The van der Waals surface area contributed by atoms with Crippen LogP contribution in [-0.4, -0.2) is 23.1 Å². The van der Waals surface area contributed by atoms with Crippen LogP contribution in [0.4, 0.5) is 5.69 Å². The number of carbonyl (C=O) groups is 2. The Balaban J connectivity index is 2.03. The van der Waals surface area contributed by atoms with Gasteiger partial charge in [-0.2, -0.15) is 0 Å². The van der Waals surface area contributed by atoms with Crippen LogP contribution in [-0.2, 0) is 4.79 Å². The van der Waals surface area contributed by atoms with Crippen LogP contribution >= 0.6 is 11.3 Å². The summed E-state index contributed by atoms with van der Waals surface area (Å²) in [5.41, 5.74) is 7.40. The molecule has 3 rings (SSSR count). The van der Waals surface area contributed by atoms with Crippen molar-refractivity contribution in [3.8, 4) is 10.4 Å². The average molecular weight is 370 g/mol. The van der Waals surface area contributed by atoms with Crippen molar-refractivity contribution in [2.45, 2.75) is 32.4 Å². The maximum absolute atomic E-state index is 13.1. The fourth-order valence-corrected chi connectivity index (χ4v) is 4.21. The van der Waals surface area contributed by atoms with E-state index in [0.29, 0.717) is 12.1 Å². The van der Waals surface area contributed by atoms with E-state index in [1.165, 1.54) is 16.2 Å². The second kappa shape index (κ2) is 7.85. The number of hydrogen-bond acceptors (Lipinski definition) is 4. The largest absolute Gasteiger partial charge is 0.477 e. The zero-order valence-corrected chi connectivity index (χ0v) is 15.4. The third-order valence-electron chi connectivity index (χ3n) is 4.49. The summed E-state index contributed by atoms with van der Waals surface area (Å²) in [5, 5.41) is 9.67. The maximum Gasteiger partial charge on any atom is 0.348 e. The number of thiophene rings is 1. The third-order valence-corrected chi connectivity index (χ3v) is 5.65. The lowest BCUT2D eigenvalue weighted by Gasteiger charge is -2.30. The van der Waals surface area contributed by atoms with Crippen LogP contribution in [0.15, 0.2) is 48.6 Å². The number of carboxylic acid groups (broad SMARTS) is 1. The highest BCUT2D eigenvalue weighted by molar-refractivity contribution is 7.18. The van der Waals surface area contributed by atoms with Crippen LogP contribution in [0.5, 0.6) is 0 Å². The second-order valence-corrected chi connectivity index (χ2v) is 7.48. The highest BCUT2D eigenvalue weighted by Gasteiger charge is 2.31. The van der Waals surface area contributed by atoms with Crippen molar-refractivity contribution in [1.29, 1.82) is 0 Å². The average Bonchev–Trinajstić information content (AvgIpc) is 3.08. The van der Waals surface area contributed by atoms with Gasteiger partial charge in [-0.05, 0) is 37.8 Å². The van der Waals surface area contributed by atoms with Crippen LogP contribution in [0.1, 0.15) is 35.9 Å². The van der Waals surface area contributed by atoms with Crippen molar-refractivity contribution >= 4 is 28.9 Å². The Labute approximate surface area is 156 Å². The lowest BCUT2D eigenvalue weighted by Crippen LogP contribution is -2.47. The Morgan fingerprint density at radius 2 is 2.00 bits per heavy atom. The van der Waals surface area contributed by atoms with Gasteiger partial charge >= 0.3 is 5.97 Å². The summed E-state index contributed by atoms with van der Waals surface area (Å²) in [6.07, 6.45) is 5.75. The van der Waals surface area contributed by atoms with E-state index in [1.807, 2.05) is 36.4 Å². The highest BCUT2D eigenvalue weighted by atomic mass is 32.1. The Hall–Kier alpha value is -2.44. The Morgan fingerprint density at radius 3 is 2.58 bits per heavy atom. The summed E-state index contributed by atoms with van der Waals surface area (Å²) in [7, 11) is 0. The minimum absolute atomic E-state index is 0.107. The normalized spacial score (nSPS) is 17.7. The molecule has 26 heavy (non-hydrogen) atoms. The molecule has 0 saturated carbocycles. The van der Waals surface area contributed by atoms with Crippen molar-refractivity contribution in [2.24, 2.45) is 11.7 Å². The molecule has 2 unspecified atom stereocenters. The fraction of sp³-hybridized carbons (Fsp3) is 0.300. The molecule has 3 N–H and O–H groups in total. The predicted octanol–water partition coefficient (Wildman–Crippen LogP) is 4.11. The molecule has 136 valence electrons. The van der Waals surface area contributed by atoms with E-state index in [-0.39, 0.29) is 16.7 Å². The summed E-state index contributed by atoms with van der Waals surface area (Å²) >= 11 is 1.17. The first-order valence-electron chi connectivity index (χ1n) is 8.65. The van der Waals surface area contributed by atoms with Crippen LogP contribution in [0.2, 0.25) is 0 Å². The maximum atomic E-state index is 13.1. The first-order chi connectivity index (χ1) is 12.5. The molecular formula is C20H22N2O3S. The predicted molar refractivity (Wildman–Crippen MR) is 104 cm³/mol. The number of hydrogen-bond donors (Lipinski definition) is 2. The fourth-order valence-electron chi connectivity index (χ4n) is 3.21. The number of anilines is 1. The van der Waals surface area contributed by atoms with E-state index >= 15 is 0 Å². The van der Waals surface area contributed by atoms with Gasteiger partial charge in [-0.3, -0.25) is 9.69 Å². The summed E-state index contributed by atoms with van der Waals surface area (Å²) in [5.74, 6) is -1.31. The molecule has 1 aliphatic carbocycles. The van der Waals surface area contributed by atoms with E-state index in [4.69, 9.17) is 5.73 Å². The summed E-state index contributed by atoms with van der Waals surface area (Å²) in [6, 6.07) is 11.3. The number of allylic oxidation sites excluding steroid dienone is 2. The first kappa shape index (κ1) is 18.4. The Kier molecular flexibility index (Phi) is 5.54. The van der Waals surface area contributed by atoms with Crippen molar-refractivity contribution in [1.82, 2.24) is 0 Å². The minimum Gasteiger partial charge on any atom is -0.477 e. The number of nitrogens with two attached hydrogens (primary N) is 1. The number of carbonyl (C=O) groups excluding carboxylic acids is 1. The summed E-state index contributed by atoms with van der Waals surface area (Å²) < 4.78 is 0. The van der Waals surface area contributed by atoms with Gasteiger partial charge in [0, 0.05) is 10.8 Å². The zero-order chi connectivity index (χ0) is 18.7. The molecule has 1 aromatic carbocycles.